The van der Waals surface area contributed by atoms with Gasteiger partial charge >= 0.3 is 0 Å². The van der Waals surface area contributed by atoms with Crippen LogP contribution in [0.2, 0.25) is 0 Å². The van der Waals surface area contributed by atoms with Crippen molar-refractivity contribution in [3.05, 3.63) is 35.9 Å². The Morgan fingerprint density at radius 2 is 1.79 bits per heavy atom. The quantitative estimate of drug-likeness (QED) is 0.752. The molecule has 1 aromatic rings. The lowest BCUT2D eigenvalue weighted by molar-refractivity contribution is 0.299. The van der Waals surface area contributed by atoms with Crippen molar-refractivity contribution in [2.45, 2.75) is 19.4 Å². The molecule has 0 aliphatic carbocycles. The summed E-state index contributed by atoms with van der Waals surface area (Å²) in [5.74, 6) is 0. The van der Waals surface area contributed by atoms with E-state index in [1.807, 2.05) is 56.3 Å². The van der Waals surface area contributed by atoms with Gasteiger partial charge in [0.15, 0.2) is 0 Å². The van der Waals surface area contributed by atoms with Gasteiger partial charge < -0.3 is 4.90 Å². The summed E-state index contributed by atoms with van der Waals surface area (Å²) in [6.07, 6.45) is 0.775. The number of hydrogen-bond acceptors (Lipinski definition) is 3. The van der Waals surface area contributed by atoms with E-state index in [1.165, 1.54) is 0 Å². The van der Waals surface area contributed by atoms with E-state index in [1.54, 1.807) is 0 Å². The van der Waals surface area contributed by atoms with Gasteiger partial charge in [0.2, 0.25) is 0 Å². The maximum Gasteiger partial charge on any atom is 0.276 e. The van der Waals surface area contributed by atoms with Crippen molar-refractivity contribution in [1.82, 2.24) is 14.3 Å². The van der Waals surface area contributed by atoms with E-state index in [2.05, 4.69) is 9.44 Å². The van der Waals surface area contributed by atoms with E-state index in [9.17, 15) is 8.42 Å². The van der Waals surface area contributed by atoms with Crippen LogP contribution in [0.1, 0.15) is 24.9 Å². The largest absolute Gasteiger partial charge is 0.301 e. The van der Waals surface area contributed by atoms with E-state index >= 15 is 0 Å². The standard InChI is InChI=1S/C13H23N3O2S/c1-4-10-14-19(17,18)15-11-13(16(2)3)12-8-6-5-7-9-12/h5-9,13-15H,4,10-11H2,1-3H3. The van der Waals surface area contributed by atoms with E-state index in [0.29, 0.717) is 13.1 Å². The molecule has 0 aliphatic heterocycles. The number of rotatable bonds is 8. The first-order valence-corrected chi connectivity index (χ1v) is 7.90. The highest BCUT2D eigenvalue weighted by molar-refractivity contribution is 7.87. The first kappa shape index (κ1) is 16.1. The van der Waals surface area contributed by atoms with Crippen LogP contribution in [0.15, 0.2) is 30.3 Å². The molecule has 0 heterocycles. The second kappa shape index (κ2) is 7.59. The number of likely N-dealkylation sites (N-methyl/N-ethyl adjacent to an activating group) is 1. The van der Waals surface area contributed by atoms with Gasteiger partial charge in [0.05, 0.1) is 0 Å². The van der Waals surface area contributed by atoms with Crippen LogP contribution in [0.25, 0.3) is 0 Å². The molecule has 0 saturated heterocycles. The summed E-state index contributed by atoms with van der Waals surface area (Å²) in [6, 6.07) is 9.87. The van der Waals surface area contributed by atoms with Crippen molar-refractivity contribution < 1.29 is 8.42 Å². The number of benzene rings is 1. The van der Waals surface area contributed by atoms with E-state index < -0.39 is 10.2 Å². The normalized spacial score (nSPS) is 13.7. The van der Waals surface area contributed by atoms with Crippen LogP contribution in [0.4, 0.5) is 0 Å². The summed E-state index contributed by atoms with van der Waals surface area (Å²) in [5, 5.41) is 0. The minimum absolute atomic E-state index is 0.0133. The molecule has 1 rings (SSSR count). The monoisotopic (exact) mass is 285 g/mol. The minimum atomic E-state index is -3.41. The topological polar surface area (TPSA) is 61.4 Å². The van der Waals surface area contributed by atoms with Crippen molar-refractivity contribution in [3.8, 4) is 0 Å². The number of nitrogens with one attached hydrogen (secondary N) is 2. The molecule has 0 radical (unpaired) electrons. The zero-order valence-corrected chi connectivity index (χ0v) is 12.6. The molecule has 5 nitrogen and oxygen atoms in total. The summed E-state index contributed by atoms with van der Waals surface area (Å²) >= 11 is 0. The fourth-order valence-corrected chi connectivity index (χ4v) is 2.70. The molecule has 19 heavy (non-hydrogen) atoms. The highest BCUT2D eigenvalue weighted by Gasteiger charge is 2.17. The van der Waals surface area contributed by atoms with Crippen LogP contribution in [0.3, 0.4) is 0 Å². The molecule has 0 bridgehead atoms. The maximum absolute atomic E-state index is 11.7. The predicted octanol–water partition coefficient (Wildman–Crippen LogP) is 1.12. The van der Waals surface area contributed by atoms with Crippen LogP contribution in [0.5, 0.6) is 0 Å². The zero-order chi connectivity index (χ0) is 14.3. The van der Waals surface area contributed by atoms with E-state index in [0.717, 1.165) is 12.0 Å². The first-order chi connectivity index (χ1) is 8.96. The third-order valence-corrected chi connectivity index (χ3v) is 3.95. The summed E-state index contributed by atoms with van der Waals surface area (Å²) in [7, 11) is 0.465. The molecule has 0 saturated carbocycles. The van der Waals surface area contributed by atoms with Crippen molar-refractivity contribution >= 4 is 10.2 Å². The summed E-state index contributed by atoms with van der Waals surface area (Å²) in [4.78, 5) is 2.00. The van der Waals surface area contributed by atoms with Crippen molar-refractivity contribution in [2.24, 2.45) is 0 Å². The van der Waals surface area contributed by atoms with Gasteiger partial charge in [-0.3, -0.25) is 0 Å². The Kier molecular flexibility index (Phi) is 6.44. The van der Waals surface area contributed by atoms with Gasteiger partial charge in [-0.05, 0) is 26.1 Å². The van der Waals surface area contributed by atoms with Gasteiger partial charge in [-0.25, -0.2) is 9.44 Å². The molecular formula is C13H23N3O2S. The average Bonchev–Trinajstić information content (AvgIpc) is 2.37. The van der Waals surface area contributed by atoms with Gasteiger partial charge in [-0.2, -0.15) is 8.42 Å². The molecule has 1 atom stereocenters. The second-order valence-electron chi connectivity index (χ2n) is 4.64. The highest BCUT2D eigenvalue weighted by Crippen LogP contribution is 2.16. The minimum Gasteiger partial charge on any atom is -0.301 e. The second-order valence-corrected chi connectivity index (χ2v) is 6.22. The fourth-order valence-electron chi connectivity index (χ4n) is 1.75. The molecule has 1 aromatic carbocycles. The molecule has 0 spiro atoms. The number of nitrogens with zero attached hydrogens (tertiary/aromatic N) is 1. The average molecular weight is 285 g/mol. The Labute approximate surface area is 116 Å². The maximum atomic E-state index is 11.7. The smallest absolute Gasteiger partial charge is 0.276 e. The third-order valence-electron chi connectivity index (χ3n) is 2.82. The van der Waals surface area contributed by atoms with Crippen molar-refractivity contribution in [2.75, 3.05) is 27.2 Å². The highest BCUT2D eigenvalue weighted by atomic mass is 32.2. The lowest BCUT2D eigenvalue weighted by Crippen LogP contribution is -2.41. The van der Waals surface area contributed by atoms with Crippen LogP contribution in [0, 0.1) is 0 Å². The molecule has 6 heteroatoms. The SMILES string of the molecule is CCCNS(=O)(=O)NCC(c1ccccc1)N(C)C. The molecular weight excluding hydrogens is 262 g/mol. The lowest BCUT2D eigenvalue weighted by atomic mass is 10.1. The van der Waals surface area contributed by atoms with Crippen LogP contribution in [-0.2, 0) is 10.2 Å². The van der Waals surface area contributed by atoms with Crippen LogP contribution in [-0.4, -0.2) is 40.5 Å². The molecule has 2 N–H and O–H groups in total. The Hall–Kier alpha value is -0.950. The Morgan fingerprint density at radius 1 is 1.16 bits per heavy atom. The molecule has 0 aliphatic rings. The van der Waals surface area contributed by atoms with Crippen molar-refractivity contribution in [3.63, 3.8) is 0 Å². The summed E-state index contributed by atoms with van der Waals surface area (Å²) in [5.41, 5.74) is 1.09. The molecule has 0 aromatic heterocycles. The summed E-state index contributed by atoms with van der Waals surface area (Å²) < 4.78 is 28.5. The Balaban J connectivity index is 2.66. The van der Waals surface area contributed by atoms with E-state index in [-0.39, 0.29) is 6.04 Å². The predicted molar refractivity (Wildman–Crippen MR) is 78.1 cm³/mol. The first-order valence-electron chi connectivity index (χ1n) is 6.42. The zero-order valence-electron chi connectivity index (χ0n) is 11.8. The van der Waals surface area contributed by atoms with Crippen LogP contribution >= 0.6 is 0 Å². The third kappa shape index (κ3) is 5.69. The van der Waals surface area contributed by atoms with Gasteiger partial charge in [-0.1, -0.05) is 37.3 Å². The Morgan fingerprint density at radius 3 is 2.32 bits per heavy atom. The lowest BCUT2D eigenvalue weighted by Gasteiger charge is -2.25. The molecule has 1 unspecified atom stereocenters. The summed E-state index contributed by atoms with van der Waals surface area (Å²) in [6.45, 7) is 2.72. The molecule has 0 fully saturated rings. The Bertz CT molecular complexity index is 460. The number of hydrogen-bond donors (Lipinski definition) is 2. The van der Waals surface area contributed by atoms with E-state index in [4.69, 9.17) is 0 Å². The molecule has 0 amide bonds. The van der Waals surface area contributed by atoms with Crippen molar-refractivity contribution in [1.29, 1.82) is 0 Å². The molecule has 108 valence electrons. The fraction of sp³-hybridized carbons (Fsp3) is 0.538. The van der Waals surface area contributed by atoms with Gasteiger partial charge in [-0.15, -0.1) is 0 Å². The van der Waals surface area contributed by atoms with Gasteiger partial charge in [0, 0.05) is 19.1 Å². The van der Waals surface area contributed by atoms with Gasteiger partial charge in [0.1, 0.15) is 0 Å². The van der Waals surface area contributed by atoms with Crippen LogP contribution < -0.4 is 9.44 Å². The van der Waals surface area contributed by atoms with Gasteiger partial charge in [0.25, 0.3) is 10.2 Å².